The fourth-order valence-corrected chi connectivity index (χ4v) is 10.6. The van der Waals surface area contributed by atoms with Gasteiger partial charge < -0.3 is 9.73 Å². The first-order chi connectivity index (χ1) is 35.8. The average Bonchev–Trinajstić information content (AvgIpc) is 3.82. The van der Waals surface area contributed by atoms with Crippen LogP contribution in [0.2, 0.25) is 0 Å². The van der Waals surface area contributed by atoms with E-state index >= 15 is 0 Å². The van der Waals surface area contributed by atoms with E-state index in [1.54, 1.807) is 0 Å². The monoisotopic (exact) mass is 942 g/mol. The Morgan fingerprint density at radius 3 is 1.81 bits per heavy atom. The van der Waals surface area contributed by atoms with Crippen molar-refractivity contribution < 1.29 is 4.42 Å². The van der Waals surface area contributed by atoms with Crippen LogP contribution in [-0.4, -0.2) is 5.84 Å². The molecule has 0 bridgehead atoms. The van der Waals surface area contributed by atoms with E-state index in [2.05, 4.69) is 245 Å². The number of aliphatic imine (C=N–C) groups is 1. The van der Waals surface area contributed by atoms with E-state index in [9.17, 15) is 0 Å². The van der Waals surface area contributed by atoms with E-state index in [1.807, 2.05) is 31.2 Å². The molecule has 3 nitrogen and oxygen atoms in total. The van der Waals surface area contributed by atoms with Crippen molar-refractivity contribution in [2.75, 3.05) is 5.32 Å². The topological polar surface area (TPSA) is 37.5 Å². The summed E-state index contributed by atoms with van der Waals surface area (Å²) in [5, 5.41) is 9.62. The van der Waals surface area contributed by atoms with Gasteiger partial charge in [0.25, 0.3) is 0 Å². The van der Waals surface area contributed by atoms with Crippen molar-refractivity contribution in [3.05, 3.63) is 275 Å². The van der Waals surface area contributed by atoms with Crippen LogP contribution in [0.3, 0.4) is 0 Å². The highest BCUT2D eigenvalue weighted by Crippen LogP contribution is 2.45. The highest BCUT2D eigenvalue weighted by molar-refractivity contribution is 6.13. The summed E-state index contributed by atoms with van der Waals surface area (Å²) in [5.74, 6) is 1.55. The minimum atomic E-state index is -0.224. The van der Waals surface area contributed by atoms with E-state index < -0.39 is 0 Å². The van der Waals surface area contributed by atoms with Crippen LogP contribution in [0.1, 0.15) is 64.4 Å². The third-order valence-corrected chi connectivity index (χ3v) is 14.3. The number of fused-ring (bicyclic) bond motifs is 6. The number of anilines is 1. The summed E-state index contributed by atoms with van der Waals surface area (Å²) in [4.78, 5) is 5.31. The lowest BCUT2D eigenvalue weighted by Gasteiger charge is -2.22. The summed E-state index contributed by atoms with van der Waals surface area (Å²) in [6.45, 7) is 10.9. The number of amidine groups is 1. The molecule has 3 heteroatoms. The highest BCUT2D eigenvalue weighted by Gasteiger charge is 2.30. The molecule has 0 saturated heterocycles. The zero-order valence-electron chi connectivity index (χ0n) is 42.2. The number of benzene rings is 10. The molecule has 0 radical (unpaired) electrons. The van der Waals surface area contributed by atoms with Crippen LogP contribution in [0.5, 0.6) is 0 Å². The molecule has 1 atom stereocenters. The van der Waals surface area contributed by atoms with Gasteiger partial charge in [-0.1, -0.05) is 219 Å². The van der Waals surface area contributed by atoms with Crippen molar-refractivity contribution in [1.82, 2.24) is 0 Å². The fourth-order valence-electron chi connectivity index (χ4n) is 10.6. The number of hydrogen-bond donors (Lipinski definition) is 1. The van der Waals surface area contributed by atoms with Crippen molar-refractivity contribution in [2.24, 2.45) is 4.99 Å². The van der Waals surface area contributed by atoms with Gasteiger partial charge in [-0.3, -0.25) is 4.99 Å². The smallest absolute Gasteiger partial charge is 0.205 e. The van der Waals surface area contributed by atoms with E-state index in [4.69, 9.17) is 9.41 Å². The fraction of sp³-hybridized carbons (Fsp3) is 0.100. The van der Waals surface area contributed by atoms with Crippen molar-refractivity contribution in [3.8, 4) is 44.5 Å². The molecule has 354 valence electrons. The molecule has 11 aromatic rings. The molecule has 1 aromatic heterocycles. The zero-order chi connectivity index (χ0) is 49.8. The first-order valence-electron chi connectivity index (χ1n) is 25.5. The van der Waals surface area contributed by atoms with Gasteiger partial charge in [0.05, 0.1) is 5.56 Å². The Morgan fingerprint density at radius 1 is 0.479 bits per heavy atom. The minimum absolute atomic E-state index is 0.224. The molecule has 0 fully saturated rings. The van der Waals surface area contributed by atoms with Gasteiger partial charge in [-0.25, -0.2) is 0 Å². The number of rotatable bonds is 9. The van der Waals surface area contributed by atoms with Crippen LogP contribution in [0.15, 0.2) is 240 Å². The first kappa shape index (κ1) is 46.6. The third kappa shape index (κ3) is 9.34. The van der Waals surface area contributed by atoms with Crippen molar-refractivity contribution in [1.29, 1.82) is 0 Å². The number of nitrogens with one attached hydrogen (secondary N) is 1. The molecule has 12 rings (SSSR count). The number of aryl methyl sites for hydroxylation is 4. The third-order valence-electron chi connectivity index (χ3n) is 14.3. The van der Waals surface area contributed by atoms with Crippen LogP contribution in [0, 0.1) is 20.8 Å². The molecule has 1 aliphatic rings. The Kier molecular flexibility index (Phi) is 13.1. The maximum Gasteiger partial charge on any atom is 0.205 e. The lowest BCUT2D eigenvalue weighted by molar-refractivity contribution is 0.624. The lowest BCUT2D eigenvalue weighted by atomic mass is 9.89. The Balaban J connectivity index is 0.000000218. The molecule has 1 aliphatic heterocycles. The molecule has 1 unspecified atom stereocenters. The molecule has 0 aliphatic carbocycles. The summed E-state index contributed by atoms with van der Waals surface area (Å²) in [6.07, 6.45) is 9.50. The predicted molar refractivity (Wildman–Crippen MR) is 312 cm³/mol. The second-order valence-corrected chi connectivity index (χ2v) is 19.1. The van der Waals surface area contributed by atoms with Crippen LogP contribution in [0.25, 0.3) is 83.1 Å². The maximum atomic E-state index is 6.70. The van der Waals surface area contributed by atoms with Crippen LogP contribution < -0.4 is 5.32 Å². The molecule has 10 aromatic carbocycles. The Morgan fingerprint density at radius 2 is 1.08 bits per heavy atom. The lowest BCUT2D eigenvalue weighted by Crippen LogP contribution is -2.21. The van der Waals surface area contributed by atoms with Gasteiger partial charge in [0.15, 0.2) is 0 Å². The number of allylic oxidation sites excluding steroid dienone is 3. The van der Waals surface area contributed by atoms with E-state index in [1.165, 1.54) is 88.3 Å². The summed E-state index contributed by atoms with van der Waals surface area (Å²) >= 11 is 0. The van der Waals surface area contributed by atoms with Crippen molar-refractivity contribution in [3.63, 3.8) is 0 Å². The van der Waals surface area contributed by atoms with E-state index in [0.29, 0.717) is 0 Å². The van der Waals surface area contributed by atoms with Gasteiger partial charge >= 0.3 is 0 Å². The maximum absolute atomic E-state index is 6.70. The molecule has 0 amide bonds. The van der Waals surface area contributed by atoms with Crippen molar-refractivity contribution in [2.45, 2.75) is 47.1 Å². The van der Waals surface area contributed by atoms with Gasteiger partial charge in [0, 0.05) is 10.9 Å². The molecule has 0 saturated carbocycles. The van der Waals surface area contributed by atoms with Crippen LogP contribution >= 0.6 is 0 Å². The quantitative estimate of drug-likeness (QED) is 0.116. The standard InChI is InChI=1S/C48H36N2O.C22H22/c1-3-4-7-18-36-28-38-29-42(31(2)27-43(38)40-20-13-12-19-39(36)40)37-25-26-41-44(30-37)51-48-45(41)46(49-47(50-48)35-16-10-6-11-17-35)34-23-21-33(22-24-34)32-14-8-5-9-15-32;1-4-18-10-8-9-13-20(18)22-15-21(16(2)14-17(22)3)19-11-6-5-7-12-19/h3-30,46H,1-2H3,(H,49,50);5-15H,4H2,1-3H3/b4-3-,18-7-;. The summed E-state index contributed by atoms with van der Waals surface area (Å²) in [7, 11) is 0. The molecular weight excluding hydrogens is 885 g/mol. The molecule has 1 N–H and O–H groups in total. The number of hydrogen-bond acceptors (Lipinski definition) is 3. The highest BCUT2D eigenvalue weighted by atomic mass is 16.4. The largest absolute Gasteiger partial charge is 0.440 e. The Labute approximate surface area is 429 Å². The van der Waals surface area contributed by atoms with Gasteiger partial charge in [0.1, 0.15) is 17.5 Å². The second kappa shape index (κ2) is 20.5. The number of nitrogens with zero attached hydrogens (tertiary/aromatic N) is 1. The Bertz CT molecular complexity index is 3880. The molecular formula is C70H58N2O. The SMILES string of the molecule is C/C=C\C=C/c1cc2cc(-c3ccc4c5c(oc4c3)NC(c3ccccc3)=NC5c3ccc(-c4ccccc4)cc3)c(C)cc2c2ccccc12.CCc1ccccc1-c1cc(-c2ccccc2)c(C)cc1C. The van der Waals surface area contributed by atoms with Crippen LogP contribution in [-0.2, 0) is 6.42 Å². The van der Waals surface area contributed by atoms with Gasteiger partial charge in [0.2, 0.25) is 5.88 Å². The predicted octanol–water partition coefficient (Wildman–Crippen LogP) is 19.1. The van der Waals surface area contributed by atoms with Gasteiger partial charge in [-0.2, -0.15) is 0 Å². The Hall–Kier alpha value is -8.79. The van der Waals surface area contributed by atoms with Gasteiger partial charge in [-0.15, -0.1) is 0 Å². The molecule has 0 spiro atoms. The molecule has 73 heavy (non-hydrogen) atoms. The minimum Gasteiger partial charge on any atom is -0.440 e. The van der Waals surface area contributed by atoms with E-state index in [-0.39, 0.29) is 6.04 Å². The summed E-state index contributed by atoms with van der Waals surface area (Å²) < 4.78 is 6.70. The molecule has 2 heterocycles. The summed E-state index contributed by atoms with van der Waals surface area (Å²) in [6, 6.07) is 75.7. The first-order valence-corrected chi connectivity index (χ1v) is 25.5. The van der Waals surface area contributed by atoms with Crippen LogP contribution in [0.4, 0.5) is 5.88 Å². The van der Waals surface area contributed by atoms with Crippen molar-refractivity contribution >= 4 is 50.3 Å². The van der Waals surface area contributed by atoms with Gasteiger partial charge in [-0.05, 0) is 158 Å². The second-order valence-electron chi connectivity index (χ2n) is 19.1. The van der Waals surface area contributed by atoms with E-state index in [0.717, 1.165) is 51.4 Å². The zero-order valence-corrected chi connectivity index (χ0v) is 42.2. The summed E-state index contributed by atoms with van der Waals surface area (Å²) in [5.41, 5.74) is 20.6. The average molecular weight is 943 g/mol. The number of furan rings is 1. The normalized spacial score (nSPS) is 13.3.